The molecule has 0 fully saturated rings. The first-order valence-electron chi connectivity index (χ1n) is 14.5. The second-order valence-corrected chi connectivity index (χ2v) is 10.0. The number of quaternary nitrogens is 1. The molecule has 0 spiro atoms. The Balaban J connectivity index is 0.0000109. The lowest BCUT2D eigenvalue weighted by Crippen LogP contribution is -2.25. The summed E-state index contributed by atoms with van der Waals surface area (Å²) in [5.74, 6) is -0.970. The van der Waals surface area contributed by atoms with Crippen LogP contribution in [0.15, 0.2) is 6.07 Å². The van der Waals surface area contributed by atoms with Gasteiger partial charge in [0.25, 0.3) is 0 Å². The normalized spacial score (nSPS) is 10.9. The molecule has 0 saturated heterocycles. The largest absolute Gasteiger partial charge is 0.545 e. The number of carbonyl (C=O) groups is 1. The first-order chi connectivity index (χ1) is 16.1. The molecule has 0 unspecified atom stereocenters. The number of carboxylic acid groups (broad SMARTS) is 1. The van der Waals surface area contributed by atoms with Gasteiger partial charge in [0, 0.05) is 5.56 Å². The zero-order valence-electron chi connectivity index (χ0n) is 23.5. The molecule has 0 atom stereocenters. The number of benzene rings is 1. The van der Waals surface area contributed by atoms with Crippen molar-refractivity contribution >= 4 is 5.97 Å². The number of rotatable bonds is 21. The van der Waals surface area contributed by atoms with Crippen LogP contribution in [0.25, 0.3) is 0 Å². The van der Waals surface area contributed by atoms with Gasteiger partial charge in [-0.25, -0.2) is 0 Å². The highest BCUT2D eigenvalue weighted by Gasteiger charge is 2.18. The Kier molecular flexibility index (Phi) is 20.1. The van der Waals surface area contributed by atoms with Gasteiger partial charge in [0.2, 0.25) is 0 Å². The summed E-state index contributed by atoms with van der Waals surface area (Å²) in [6, 6.07) is 2.03. The van der Waals surface area contributed by atoms with Crippen LogP contribution in [0.3, 0.4) is 0 Å². The quantitative estimate of drug-likeness (QED) is 0.180. The zero-order valence-corrected chi connectivity index (χ0v) is 23.5. The maximum atomic E-state index is 12.3. The molecule has 0 aromatic heterocycles. The summed E-state index contributed by atoms with van der Waals surface area (Å²) in [5.41, 5.74) is 5.83. The first kappa shape index (κ1) is 32.7. The van der Waals surface area contributed by atoms with E-state index in [0.29, 0.717) is 5.56 Å². The van der Waals surface area contributed by atoms with Gasteiger partial charge in [-0.05, 0) is 79.7 Å². The van der Waals surface area contributed by atoms with Crippen LogP contribution in [0, 0.1) is 0 Å². The predicted octanol–water partition coefficient (Wildman–Crippen LogP) is 8.92. The Morgan fingerprint density at radius 1 is 0.559 bits per heavy atom. The van der Waals surface area contributed by atoms with Crippen molar-refractivity contribution in [2.75, 3.05) is 0 Å². The Bertz CT molecular complexity index is 653. The lowest BCUT2D eigenvalue weighted by atomic mass is 9.83. The molecule has 3 nitrogen and oxygen atoms in total. The molecule has 0 amide bonds. The van der Waals surface area contributed by atoms with Gasteiger partial charge in [0.1, 0.15) is 0 Å². The van der Waals surface area contributed by atoms with Crippen LogP contribution in [0.4, 0.5) is 0 Å². The van der Waals surface area contributed by atoms with Crippen molar-refractivity contribution in [3.05, 3.63) is 33.9 Å². The fraction of sp³-hybridized carbons (Fsp3) is 0.774. The third-order valence-corrected chi connectivity index (χ3v) is 7.12. The monoisotopic (exact) mass is 475 g/mol. The molecule has 198 valence electrons. The highest BCUT2D eigenvalue weighted by atomic mass is 16.4. The van der Waals surface area contributed by atoms with Crippen LogP contribution >= 0.6 is 0 Å². The standard InChI is InChI=1S/C31H54O2.H3N/c1-5-9-13-17-21-26-25-30(31(32)33)29(24-20-16-12-8-4)28(23-19-15-11-7-3)27(26)22-18-14-10-6-2;/h25H,5-24H2,1-4H3,(H,32,33);1H3. The van der Waals surface area contributed by atoms with E-state index in [4.69, 9.17) is 0 Å². The average Bonchev–Trinajstić information content (AvgIpc) is 2.81. The van der Waals surface area contributed by atoms with Crippen LogP contribution in [0.5, 0.6) is 0 Å². The van der Waals surface area contributed by atoms with E-state index in [1.807, 2.05) is 6.07 Å². The van der Waals surface area contributed by atoms with Gasteiger partial charge in [-0.3, -0.25) is 0 Å². The smallest absolute Gasteiger partial charge is 0.0718 e. The summed E-state index contributed by atoms with van der Waals surface area (Å²) in [6.45, 7) is 8.99. The van der Waals surface area contributed by atoms with E-state index < -0.39 is 5.97 Å². The van der Waals surface area contributed by atoms with E-state index in [9.17, 15) is 9.90 Å². The summed E-state index contributed by atoms with van der Waals surface area (Å²) < 4.78 is 0. The maximum Gasteiger partial charge on any atom is 0.0718 e. The molecule has 1 aromatic carbocycles. The van der Waals surface area contributed by atoms with Gasteiger partial charge in [-0.15, -0.1) is 0 Å². The van der Waals surface area contributed by atoms with Crippen molar-refractivity contribution in [1.82, 2.24) is 6.15 Å². The highest BCUT2D eigenvalue weighted by molar-refractivity contribution is 5.89. The number of aromatic carboxylic acids is 1. The molecule has 0 aliphatic heterocycles. The number of aryl methyl sites for hydroxylation is 1. The summed E-state index contributed by atoms with van der Waals surface area (Å²) in [5, 5.41) is 12.3. The molecule has 0 saturated carbocycles. The molecule has 0 radical (unpaired) electrons. The Labute approximate surface area is 212 Å². The van der Waals surface area contributed by atoms with Crippen molar-refractivity contribution < 1.29 is 9.90 Å². The minimum absolute atomic E-state index is 0. The summed E-state index contributed by atoms with van der Waals surface area (Å²) in [4.78, 5) is 12.3. The predicted molar refractivity (Wildman–Crippen MR) is 148 cm³/mol. The molecular formula is C31H57NO2. The van der Waals surface area contributed by atoms with Crippen LogP contribution in [-0.2, 0) is 25.7 Å². The lowest BCUT2D eigenvalue weighted by Gasteiger charge is -2.24. The van der Waals surface area contributed by atoms with Gasteiger partial charge >= 0.3 is 0 Å². The van der Waals surface area contributed by atoms with Gasteiger partial charge in [-0.1, -0.05) is 105 Å². The van der Waals surface area contributed by atoms with Crippen LogP contribution < -0.4 is 11.3 Å². The van der Waals surface area contributed by atoms with Gasteiger partial charge < -0.3 is 16.1 Å². The lowest BCUT2D eigenvalue weighted by molar-refractivity contribution is -0.255. The summed E-state index contributed by atoms with van der Waals surface area (Å²) in [7, 11) is 0. The molecule has 1 rings (SSSR count). The van der Waals surface area contributed by atoms with E-state index in [-0.39, 0.29) is 6.15 Å². The van der Waals surface area contributed by atoms with E-state index in [1.54, 1.807) is 0 Å². The van der Waals surface area contributed by atoms with Gasteiger partial charge in [0.05, 0.1) is 5.97 Å². The minimum atomic E-state index is -0.970. The van der Waals surface area contributed by atoms with Crippen molar-refractivity contribution in [3.8, 4) is 0 Å². The number of hydrogen-bond donors (Lipinski definition) is 1. The van der Waals surface area contributed by atoms with Gasteiger partial charge in [0.15, 0.2) is 0 Å². The first-order valence-corrected chi connectivity index (χ1v) is 14.5. The average molecular weight is 476 g/mol. The maximum absolute atomic E-state index is 12.3. The highest BCUT2D eigenvalue weighted by Crippen LogP contribution is 2.30. The minimum Gasteiger partial charge on any atom is -0.545 e. The zero-order chi connectivity index (χ0) is 24.3. The molecular weight excluding hydrogens is 418 g/mol. The van der Waals surface area contributed by atoms with Crippen LogP contribution in [0.1, 0.15) is 163 Å². The number of hydrogen-bond acceptors (Lipinski definition) is 2. The fourth-order valence-corrected chi connectivity index (χ4v) is 5.12. The second kappa shape index (κ2) is 21.0. The topological polar surface area (TPSA) is 76.6 Å². The van der Waals surface area contributed by atoms with Crippen LogP contribution in [-0.4, -0.2) is 5.97 Å². The Hall–Kier alpha value is -1.35. The molecule has 0 bridgehead atoms. The van der Waals surface area contributed by atoms with Crippen molar-refractivity contribution in [2.24, 2.45) is 0 Å². The number of carbonyl (C=O) groups excluding carboxylic acids is 1. The van der Waals surface area contributed by atoms with Crippen LogP contribution in [0.2, 0.25) is 0 Å². The SMILES string of the molecule is CCCCCCc1cc(C(=O)[O-])c(CCCCCC)c(CCCCCC)c1CCCCCC.[NH4+]. The molecule has 3 heteroatoms. The Morgan fingerprint density at radius 2 is 0.941 bits per heavy atom. The Morgan fingerprint density at radius 3 is 1.35 bits per heavy atom. The molecule has 1 aromatic rings. The van der Waals surface area contributed by atoms with E-state index in [0.717, 1.165) is 44.1 Å². The third kappa shape index (κ3) is 12.4. The molecule has 0 aliphatic rings. The molecule has 0 heterocycles. The number of unbranched alkanes of at least 4 members (excludes halogenated alkanes) is 12. The summed E-state index contributed by atoms with van der Waals surface area (Å²) in [6.07, 6.45) is 23.6. The van der Waals surface area contributed by atoms with Gasteiger partial charge in [-0.2, -0.15) is 0 Å². The summed E-state index contributed by atoms with van der Waals surface area (Å²) >= 11 is 0. The van der Waals surface area contributed by atoms with Crippen molar-refractivity contribution in [2.45, 2.75) is 156 Å². The van der Waals surface area contributed by atoms with Crippen molar-refractivity contribution in [3.63, 3.8) is 0 Å². The number of carboxylic acids is 1. The molecule has 0 aliphatic carbocycles. The molecule has 4 N–H and O–H groups in total. The van der Waals surface area contributed by atoms with Crippen molar-refractivity contribution in [1.29, 1.82) is 0 Å². The third-order valence-electron chi connectivity index (χ3n) is 7.12. The van der Waals surface area contributed by atoms with E-state index in [1.165, 1.54) is 107 Å². The van der Waals surface area contributed by atoms with E-state index in [2.05, 4.69) is 27.7 Å². The molecule has 34 heavy (non-hydrogen) atoms. The van der Waals surface area contributed by atoms with E-state index >= 15 is 0 Å². The fourth-order valence-electron chi connectivity index (χ4n) is 5.12. The second-order valence-electron chi connectivity index (χ2n) is 10.0.